The molecule has 0 fully saturated rings. The quantitative estimate of drug-likeness (QED) is 0.565. The Hall–Kier alpha value is -3.36. The van der Waals surface area contributed by atoms with E-state index in [0.717, 1.165) is 0 Å². The van der Waals surface area contributed by atoms with Crippen LogP contribution in [0.3, 0.4) is 0 Å². The van der Waals surface area contributed by atoms with E-state index in [1.807, 2.05) is 6.07 Å². The lowest BCUT2D eigenvalue weighted by Crippen LogP contribution is -2.17. The number of nitrogens with one attached hydrogen (secondary N) is 1. The van der Waals surface area contributed by atoms with Crippen molar-refractivity contribution in [1.82, 2.24) is 5.43 Å². The average Bonchev–Trinajstić information content (AvgIpc) is 3.10. The number of furan rings is 1. The lowest BCUT2D eigenvalue weighted by molar-refractivity contribution is 0.0955. The lowest BCUT2D eigenvalue weighted by Gasteiger charge is -2.00. The summed E-state index contributed by atoms with van der Waals surface area (Å²) in [6.45, 7) is 0. The van der Waals surface area contributed by atoms with Gasteiger partial charge in [0.2, 0.25) is 0 Å². The summed E-state index contributed by atoms with van der Waals surface area (Å²) in [4.78, 5) is 11.9. The van der Waals surface area contributed by atoms with Crippen molar-refractivity contribution >= 4 is 23.7 Å². The minimum absolute atomic E-state index is 0.375. The maximum atomic E-state index is 11.9. The fourth-order valence-electron chi connectivity index (χ4n) is 2.21. The summed E-state index contributed by atoms with van der Waals surface area (Å²) in [5.41, 5.74) is 4.04. The number of hydrogen-bond donors (Lipinski definition) is 1. The van der Waals surface area contributed by atoms with E-state index in [9.17, 15) is 4.79 Å². The summed E-state index contributed by atoms with van der Waals surface area (Å²) in [5, 5.41) is 13.5. The molecule has 0 radical (unpaired) electrons. The molecule has 1 aromatic heterocycles. The second-order valence-electron chi connectivity index (χ2n) is 5.07. The van der Waals surface area contributed by atoms with Crippen LogP contribution in [-0.2, 0) is 0 Å². The Morgan fingerprint density at radius 1 is 1.16 bits per heavy atom. The van der Waals surface area contributed by atoms with Crippen molar-refractivity contribution in [1.29, 1.82) is 5.26 Å². The van der Waals surface area contributed by atoms with Crippen LogP contribution in [0.15, 0.2) is 70.2 Å². The molecule has 0 unspecified atom stereocenters. The number of benzene rings is 2. The zero-order valence-corrected chi connectivity index (χ0v) is 13.7. The largest absolute Gasteiger partial charge is 0.455 e. The molecule has 25 heavy (non-hydrogen) atoms. The van der Waals surface area contributed by atoms with Crippen molar-refractivity contribution in [2.24, 2.45) is 5.10 Å². The van der Waals surface area contributed by atoms with Crippen molar-refractivity contribution in [3.8, 4) is 17.4 Å². The van der Waals surface area contributed by atoms with E-state index in [1.54, 1.807) is 54.6 Å². The Labute approximate surface area is 149 Å². The van der Waals surface area contributed by atoms with Gasteiger partial charge in [0.25, 0.3) is 5.91 Å². The fourth-order valence-corrected chi connectivity index (χ4v) is 2.40. The predicted molar refractivity (Wildman–Crippen MR) is 95.4 cm³/mol. The average molecular weight is 350 g/mol. The Bertz CT molecular complexity index is 986. The van der Waals surface area contributed by atoms with Gasteiger partial charge in [-0.05, 0) is 42.5 Å². The molecule has 122 valence electrons. The first kappa shape index (κ1) is 16.5. The van der Waals surface area contributed by atoms with Gasteiger partial charge in [0.15, 0.2) is 0 Å². The van der Waals surface area contributed by atoms with E-state index in [1.165, 1.54) is 6.21 Å². The highest BCUT2D eigenvalue weighted by Crippen LogP contribution is 2.24. The number of nitrogens with zero attached hydrogens (tertiary/aromatic N) is 2. The standard InChI is InChI=1S/C19H12ClN3O2/c20-15-6-3-5-13(10-15)19(24)23-22-12-16-8-9-18(25-16)17-7-2-1-4-14(17)11-21/h1-10,12H,(H,23,24)/b22-12-. The molecule has 0 spiro atoms. The van der Waals surface area contributed by atoms with Crippen LogP contribution in [0.1, 0.15) is 21.7 Å². The molecular formula is C19H12ClN3O2. The van der Waals surface area contributed by atoms with E-state index in [2.05, 4.69) is 16.6 Å². The van der Waals surface area contributed by atoms with Gasteiger partial charge in [-0.2, -0.15) is 10.4 Å². The summed E-state index contributed by atoms with van der Waals surface area (Å²) in [6.07, 6.45) is 1.39. The maximum Gasteiger partial charge on any atom is 0.271 e. The van der Waals surface area contributed by atoms with Crippen molar-refractivity contribution in [2.45, 2.75) is 0 Å². The van der Waals surface area contributed by atoms with E-state index >= 15 is 0 Å². The Morgan fingerprint density at radius 2 is 2.00 bits per heavy atom. The van der Waals surface area contributed by atoms with Crippen molar-refractivity contribution < 1.29 is 9.21 Å². The number of amides is 1. The van der Waals surface area contributed by atoms with Crippen LogP contribution in [0.5, 0.6) is 0 Å². The highest BCUT2D eigenvalue weighted by molar-refractivity contribution is 6.30. The van der Waals surface area contributed by atoms with Gasteiger partial charge in [-0.15, -0.1) is 0 Å². The summed E-state index contributed by atoms with van der Waals surface area (Å²) in [6, 6.07) is 19.3. The SMILES string of the molecule is N#Cc1ccccc1-c1ccc(/C=N\NC(=O)c2cccc(Cl)c2)o1. The number of halogens is 1. The van der Waals surface area contributed by atoms with Crippen LogP contribution >= 0.6 is 11.6 Å². The number of hydrazone groups is 1. The van der Waals surface area contributed by atoms with Gasteiger partial charge < -0.3 is 4.42 Å². The Kier molecular flexibility index (Phi) is 4.93. The molecule has 0 aliphatic heterocycles. The molecule has 6 heteroatoms. The second-order valence-corrected chi connectivity index (χ2v) is 5.51. The molecule has 1 amide bonds. The van der Waals surface area contributed by atoms with Crippen molar-refractivity contribution in [3.63, 3.8) is 0 Å². The number of rotatable bonds is 4. The van der Waals surface area contributed by atoms with Crippen LogP contribution in [0, 0.1) is 11.3 Å². The zero-order chi connectivity index (χ0) is 17.6. The highest BCUT2D eigenvalue weighted by atomic mass is 35.5. The molecule has 1 heterocycles. The topological polar surface area (TPSA) is 78.4 Å². The van der Waals surface area contributed by atoms with Crippen LogP contribution in [0.25, 0.3) is 11.3 Å². The van der Waals surface area contributed by atoms with Gasteiger partial charge in [-0.1, -0.05) is 29.8 Å². The van der Waals surface area contributed by atoms with Crippen LogP contribution in [-0.4, -0.2) is 12.1 Å². The van der Waals surface area contributed by atoms with Gasteiger partial charge in [-0.25, -0.2) is 5.43 Å². The van der Waals surface area contributed by atoms with E-state index < -0.39 is 0 Å². The lowest BCUT2D eigenvalue weighted by atomic mass is 10.1. The first-order valence-corrected chi connectivity index (χ1v) is 7.73. The van der Waals surface area contributed by atoms with Crippen LogP contribution in [0.2, 0.25) is 5.02 Å². The normalized spacial score (nSPS) is 10.6. The Morgan fingerprint density at radius 3 is 2.80 bits per heavy atom. The van der Waals surface area contributed by atoms with Gasteiger partial charge >= 0.3 is 0 Å². The molecule has 0 atom stereocenters. The molecule has 5 nitrogen and oxygen atoms in total. The number of carbonyl (C=O) groups excluding carboxylic acids is 1. The molecular weight excluding hydrogens is 338 g/mol. The molecule has 3 aromatic rings. The molecule has 0 saturated heterocycles. The third kappa shape index (κ3) is 3.94. The summed E-state index contributed by atoms with van der Waals surface area (Å²) >= 11 is 5.85. The minimum atomic E-state index is -0.375. The van der Waals surface area contributed by atoms with Gasteiger partial charge in [0.1, 0.15) is 11.5 Å². The minimum Gasteiger partial charge on any atom is -0.455 e. The second kappa shape index (κ2) is 7.47. The van der Waals surface area contributed by atoms with Crippen molar-refractivity contribution in [2.75, 3.05) is 0 Å². The maximum absolute atomic E-state index is 11.9. The third-order valence-electron chi connectivity index (χ3n) is 3.38. The molecule has 3 rings (SSSR count). The summed E-state index contributed by atoms with van der Waals surface area (Å²) < 4.78 is 5.65. The van der Waals surface area contributed by atoms with Gasteiger partial charge in [0.05, 0.1) is 17.8 Å². The first-order valence-electron chi connectivity index (χ1n) is 7.35. The van der Waals surface area contributed by atoms with Crippen LogP contribution < -0.4 is 5.43 Å². The summed E-state index contributed by atoms with van der Waals surface area (Å²) in [5.74, 6) is 0.634. The number of hydrogen-bond acceptors (Lipinski definition) is 4. The molecule has 0 aliphatic rings. The van der Waals surface area contributed by atoms with Crippen LogP contribution in [0.4, 0.5) is 0 Å². The highest BCUT2D eigenvalue weighted by Gasteiger charge is 2.08. The zero-order valence-electron chi connectivity index (χ0n) is 12.9. The fraction of sp³-hybridized carbons (Fsp3) is 0. The van der Waals surface area contributed by atoms with E-state index in [-0.39, 0.29) is 5.91 Å². The molecule has 0 aliphatic carbocycles. The molecule has 2 aromatic carbocycles. The smallest absolute Gasteiger partial charge is 0.271 e. The predicted octanol–water partition coefficient (Wildman–Crippen LogP) is 4.24. The summed E-state index contributed by atoms with van der Waals surface area (Å²) in [7, 11) is 0. The number of nitriles is 1. The third-order valence-corrected chi connectivity index (χ3v) is 3.62. The van der Waals surface area contributed by atoms with E-state index in [4.69, 9.17) is 21.3 Å². The van der Waals surface area contributed by atoms with E-state index in [0.29, 0.717) is 33.2 Å². The number of carbonyl (C=O) groups is 1. The first-order chi connectivity index (χ1) is 12.2. The molecule has 0 saturated carbocycles. The Balaban J connectivity index is 1.70. The molecule has 1 N–H and O–H groups in total. The molecule has 0 bridgehead atoms. The monoisotopic (exact) mass is 349 g/mol. The van der Waals surface area contributed by atoms with Gasteiger partial charge in [-0.3, -0.25) is 4.79 Å². The van der Waals surface area contributed by atoms with Crippen molar-refractivity contribution in [3.05, 3.63) is 82.6 Å². The van der Waals surface area contributed by atoms with Gasteiger partial charge in [0, 0.05) is 16.1 Å².